The first kappa shape index (κ1) is 19.2. The van der Waals surface area contributed by atoms with Crippen molar-refractivity contribution in [2.45, 2.75) is 39.8 Å². The zero-order valence-electron chi connectivity index (χ0n) is 14.1. The highest BCUT2D eigenvalue weighted by molar-refractivity contribution is 5.85. The lowest BCUT2D eigenvalue weighted by Crippen LogP contribution is -2.36. The highest BCUT2D eigenvalue weighted by atomic mass is 35.5. The van der Waals surface area contributed by atoms with Crippen LogP contribution in [0, 0.1) is 20.8 Å². The van der Waals surface area contributed by atoms with E-state index in [2.05, 4.69) is 25.2 Å². The number of aryl methyl sites for hydroxylation is 2. The van der Waals surface area contributed by atoms with Gasteiger partial charge in [-0.2, -0.15) is 0 Å². The average molecular weight is 333 g/mol. The first-order valence-electron chi connectivity index (χ1n) is 7.58. The van der Waals surface area contributed by atoms with Crippen molar-refractivity contribution in [2.24, 2.45) is 5.73 Å². The lowest BCUT2D eigenvalue weighted by atomic mass is 9.98. The molecule has 3 N–H and O–H groups in total. The number of hydrogen-bond acceptors (Lipinski definition) is 2. The van der Waals surface area contributed by atoms with E-state index in [1.165, 1.54) is 11.1 Å². The SMILES string of the molecule is Cc1ccc(C(N)C(=O)NC(C)c2cccc(C)c2C)cc1.Cl. The molecule has 0 aliphatic heterocycles. The molecule has 23 heavy (non-hydrogen) atoms. The van der Waals surface area contributed by atoms with Crippen molar-refractivity contribution in [3.05, 3.63) is 70.3 Å². The van der Waals surface area contributed by atoms with E-state index in [-0.39, 0.29) is 24.4 Å². The van der Waals surface area contributed by atoms with Gasteiger partial charge in [0.05, 0.1) is 6.04 Å². The minimum atomic E-state index is -0.645. The van der Waals surface area contributed by atoms with E-state index in [1.54, 1.807) is 0 Å². The highest BCUT2D eigenvalue weighted by Gasteiger charge is 2.19. The van der Waals surface area contributed by atoms with E-state index in [0.29, 0.717) is 0 Å². The third-order valence-corrected chi connectivity index (χ3v) is 4.19. The molecule has 2 unspecified atom stereocenters. The quantitative estimate of drug-likeness (QED) is 0.891. The van der Waals surface area contributed by atoms with Crippen LogP contribution in [0.3, 0.4) is 0 Å². The van der Waals surface area contributed by atoms with Gasteiger partial charge in [0.2, 0.25) is 5.91 Å². The molecule has 2 atom stereocenters. The van der Waals surface area contributed by atoms with Gasteiger partial charge in [-0.1, -0.05) is 48.0 Å². The summed E-state index contributed by atoms with van der Waals surface area (Å²) < 4.78 is 0. The van der Waals surface area contributed by atoms with E-state index in [1.807, 2.05) is 50.2 Å². The minimum absolute atomic E-state index is 0. The summed E-state index contributed by atoms with van der Waals surface area (Å²) in [4.78, 5) is 12.4. The van der Waals surface area contributed by atoms with Crippen molar-refractivity contribution < 1.29 is 4.79 Å². The number of hydrogen-bond donors (Lipinski definition) is 2. The van der Waals surface area contributed by atoms with E-state index in [9.17, 15) is 4.79 Å². The van der Waals surface area contributed by atoms with Crippen LogP contribution in [0.25, 0.3) is 0 Å². The molecule has 0 saturated heterocycles. The molecular weight excluding hydrogens is 308 g/mol. The van der Waals surface area contributed by atoms with Crippen LogP contribution in [0.5, 0.6) is 0 Å². The van der Waals surface area contributed by atoms with Gasteiger partial charge in [0.25, 0.3) is 0 Å². The number of nitrogens with one attached hydrogen (secondary N) is 1. The molecule has 0 spiro atoms. The molecule has 0 aliphatic rings. The van der Waals surface area contributed by atoms with Crippen molar-refractivity contribution in [1.82, 2.24) is 5.32 Å². The van der Waals surface area contributed by atoms with E-state index in [4.69, 9.17) is 5.73 Å². The van der Waals surface area contributed by atoms with Crippen LogP contribution in [-0.4, -0.2) is 5.91 Å². The molecular formula is C19H25ClN2O. The summed E-state index contributed by atoms with van der Waals surface area (Å²) in [5, 5.41) is 3.01. The molecule has 0 bridgehead atoms. The van der Waals surface area contributed by atoms with Crippen molar-refractivity contribution >= 4 is 18.3 Å². The van der Waals surface area contributed by atoms with Gasteiger partial charge in [-0.05, 0) is 49.9 Å². The fourth-order valence-electron chi connectivity index (χ4n) is 2.55. The predicted octanol–water partition coefficient (Wildman–Crippen LogP) is 3.91. The molecule has 4 heteroatoms. The third kappa shape index (κ3) is 4.57. The number of rotatable bonds is 4. The fourth-order valence-corrected chi connectivity index (χ4v) is 2.55. The summed E-state index contributed by atoms with van der Waals surface area (Å²) in [6.07, 6.45) is 0. The standard InChI is InChI=1S/C19H24N2O.ClH/c1-12-8-10-16(11-9-12)18(20)19(22)21-15(4)17-7-5-6-13(2)14(17)3;/h5-11,15,18H,20H2,1-4H3,(H,21,22);1H. The first-order chi connectivity index (χ1) is 10.4. The zero-order chi connectivity index (χ0) is 16.3. The lowest BCUT2D eigenvalue weighted by Gasteiger charge is -2.20. The Morgan fingerprint density at radius 1 is 1.04 bits per heavy atom. The molecule has 3 nitrogen and oxygen atoms in total. The van der Waals surface area contributed by atoms with Gasteiger partial charge in [0, 0.05) is 0 Å². The van der Waals surface area contributed by atoms with Gasteiger partial charge in [-0.25, -0.2) is 0 Å². The molecule has 2 rings (SSSR count). The number of nitrogens with two attached hydrogens (primary N) is 1. The summed E-state index contributed by atoms with van der Waals surface area (Å²) in [5.41, 5.74) is 11.6. The topological polar surface area (TPSA) is 55.1 Å². The number of halogens is 1. The van der Waals surface area contributed by atoms with Gasteiger partial charge < -0.3 is 11.1 Å². The molecule has 0 fully saturated rings. The molecule has 124 valence electrons. The molecule has 0 radical (unpaired) electrons. The molecule has 1 amide bonds. The second kappa shape index (κ2) is 8.14. The van der Waals surface area contributed by atoms with Crippen molar-refractivity contribution in [1.29, 1.82) is 0 Å². The average Bonchev–Trinajstić information content (AvgIpc) is 2.50. The number of amides is 1. The maximum absolute atomic E-state index is 12.4. The molecule has 2 aromatic carbocycles. The van der Waals surface area contributed by atoms with Crippen LogP contribution in [-0.2, 0) is 4.79 Å². The Morgan fingerprint density at radius 3 is 2.26 bits per heavy atom. The monoisotopic (exact) mass is 332 g/mol. The Labute approximate surface area is 144 Å². The van der Waals surface area contributed by atoms with Gasteiger partial charge in [0.1, 0.15) is 6.04 Å². The Morgan fingerprint density at radius 2 is 1.65 bits per heavy atom. The molecule has 0 heterocycles. The summed E-state index contributed by atoms with van der Waals surface area (Å²) in [6.45, 7) is 8.15. The maximum atomic E-state index is 12.4. The van der Waals surface area contributed by atoms with E-state index >= 15 is 0 Å². The Hall–Kier alpha value is -1.84. The number of carbonyl (C=O) groups excluding carboxylic acids is 1. The van der Waals surface area contributed by atoms with Crippen LogP contribution in [0.4, 0.5) is 0 Å². The molecule has 0 saturated carbocycles. The predicted molar refractivity (Wildman–Crippen MR) is 97.8 cm³/mol. The van der Waals surface area contributed by atoms with Gasteiger partial charge in [-0.15, -0.1) is 12.4 Å². The largest absolute Gasteiger partial charge is 0.348 e. The minimum Gasteiger partial charge on any atom is -0.348 e. The van der Waals surface area contributed by atoms with Crippen LogP contribution < -0.4 is 11.1 Å². The Kier molecular flexibility index (Phi) is 6.79. The van der Waals surface area contributed by atoms with Crippen LogP contribution >= 0.6 is 12.4 Å². The second-order valence-corrected chi connectivity index (χ2v) is 5.91. The zero-order valence-corrected chi connectivity index (χ0v) is 14.9. The van der Waals surface area contributed by atoms with Crippen molar-refractivity contribution in [3.8, 4) is 0 Å². The lowest BCUT2D eigenvalue weighted by molar-refractivity contribution is -0.123. The summed E-state index contributed by atoms with van der Waals surface area (Å²) >= 11 is 0. The Bertz CT molecular complexity index is 668. The molecule has 0 aromatic heterocycles. The maximum Gasteiger partial charge on any atom is 0.241 e. The normalized spacial score (nSPS) is 12.9. The molecule has 2 aromatic rings. The number of carbonyl (C=O) groups is 1. The summed E-state index contributed by atoms with van der Waals surface area (Å²) in [6, 6.07) is 13.2. The van der Waals surface area contributed by atoms with Gasteiger partial charge in [0.15, 0.2) is 0 Å². The Balaban J connectivity index is 0.00000264. The van der Waals surface area contributed by atoms with Crippen LogP contribution in [0.1, 0.15) is 46.8 Å². The van der Waals surface area contributed by atoms with E-state index < -0.39 is 6.04 Å². The first-order valence-corrected chi connectivity index (χ1v) is 7.58. The van der Waals surface area contributed by atoms with Gasteiger partial charge >= 0.3 is 0 Å². The highest BCUT2D eigenvalue weighted by Crippen LogP contribution is 2.21. The summed E-state index contributed by atoms with van der Waals surface area (Å²) in [7, 11) is 0. The third-order valence-electron chi connectivity index (χ3n) is 4.19. The molecule has 0 aliphatic carbocycles. The van der Waals surface area contributed by atoms with Gasteiger partial charge in [-0.3, -0.25) is 4.79 Å². The van der Waals surface area contributed by atoms with Crippen LogP contribution in [0.15, 0.2) is 42.5 Å². The van der Waals surface area contributed by atoms with Crippen molar-refractivity contribution in [3.63, 3.8) is 0 Å². The van der Waals surface area contributed by atoms with Crippen LogP contribution in [0.2, 0.25) is 0 Å². The van der Waals surface area contributed by atoms with E-state index in [0.717, 1.165) is 16.7 Å². The summed E-state index contributed by atoms with van der Waals surface area (Å²) in [5.74, 6) is -0.155. The smallest absolute Gasteiger partial charge is 0.241 e. The number of benzene rings is 2. The second-order valence-electron chi connectivity index (χ2n) is 5.91. The van der Waals surface area contributed by atoms with Crippen molar-refractivity contribution in [2.75, 3.05) is 0 Å². The fraction of sp³-hybridized carbons (Fsp3) is 0.316.